The zero-order chi connectivity index (χ0) is 47.7. The van der Waals surface area contributed by atoms with Crippen molar-refractivity contribution in [1.29, 1.82) is 0 Å². The second kappa shape index (κ2) is 56.1. The summed E-state index contributed by atoms with van der Waals surface area (Å²) in [5.74, 6) is -0.414. The third-order valence-corrected chi connectivity index (χ3v) is 11.6. The van der Waals surface area contributed by atoms with Gasteiger partial charge in [0.25, 0.3) is 0 Å². The van der Waals surface area contributed by atoms with E-state index in [9.17, 15) is 9.59 Å². The Labute approximate surface area is 409 Å². The third-order valence-electron chi connectivity index (χ3n) is 11.6. The number of carbonyl (C=O) groups is 2. The lowest BCUT2D eigenvalue weighted by atomic mass is 10.0. The van der Waals surface area contributed by atoms with E-state index in [2.05, 4.69) is 118 Å². The second-order valence-electron chi connectivity index (χ2n) is 18.1. The van der Waals surface area contributed by atoms with Crippen molar-refractivity contribution in [2.24, 2.45) is 0 Å². The van der Waals surface area contributed by atoms with Crippen LogP contribution in [0.4, 0.5) is 0 Å². The Kier molecular flexibility index (Phi) is 53.4. The minimum atomic E-state index is -0.434. The lowest BCUT2D eigenvalue weighted by Crippen LogP contribution is -2.29. The Hall–Kier alpha value is -3.18. The van der Waals surface area contributed by atoms with Gasteiger partial charge in [0.15, 0.2) is 0 Å². The number of hydrogen-bond donors (Lipinski definition) is 0. The standard InChI is InChI=1S/C61H104O5/c1-4-7-10-13-16-19-22-25-28-30-31-32-34-37-40-43-46-49-52-55-61(63)66-58-59(64-56-53-50-47-44-41-38-35-29-26-23-20-17-14-11-8-5-2)57-65-60(62)54-51-48-45-42-39-36-33-27-24-21-18-15-12-9-6-3/h9,12,16,18-19,21,25,27-28,31-33,37,39-40,42,59H,4-8,10-11,13-15,17,20,22-24,26,29-30,34-36,38,41,43-58H2,1-3H3/b12-9-,19-16-,21-18-,28-25-,32-31-,33-27-,40-37-,42-39-/t59-/m1/s1. The summed E-state index contributed by atoms with van der Waals surface area (Å²) >= 11 is 0. The number of hydrogen-bond acceptors (Lipinski definition) is 5. The van der Waals surface area contributed by atoms with Crippen LogP contribution in [-0.4, -0.2) is 37.9 Å². The summed E-state index contributed by atoms with van der Waals surface area (Å²) in [5.41, 5.74) is 0. The van der Waals surface area contributed by atoms with E-state index in [1.54, 1.807) is 0 Å². The molecule has 378 valence electrons. The minimum Gasteiger partial charge on any atom is -0.463 e. The van der Waals surface area contributed by atoms with Crippen molar-refractivity contribution >= 4 is 11.9 Å². The molecule has 0 aromatic rings. The van der Waals surface area contributed by atoms with Crippen LogP contribution in [0.3, 0.4) is 0 Å². The fourth-order valence-corrected chi connectivity index (χ4v) is 7.46. The number of carbonyl (C=O) groups excluding carboxylic acids is 2. The Morgan fingerprint density at radius 1 is 0.333 bits per heavy atom. The van der Waals surface area contributed by atoms with Gasteiger partial charge in [-0.3, -0.25) is 9.59 Å². The summed E-state index contributed by atoms with van der Waals surface area (Å²) in [6, 6.07) is 0. The number of rotatable bonds is 50. The largest absolute Gasteiger partial charge is 0.463 e. The first-order chi connectivity index (χ1) is 32.6. The summed E-state index contributed by atoms with van der Waals surface area (Å²) in [7, 11) is 0. The van der Waals surface area contributed by atoms with Crippen LogP contribution < -0.4 is 0 Å². The van der Waals surface area contributed by atoms with Gasteiger partial charge >= 0.3 is 11.9 Å². The molecule has 5 nitrogen and oxygen atoms in total. The summed E-state index contributed by atoms with van der Waals surface area (Å²) < 4.78 is 17.4. The maximum atomic E-state index is 12.6. The Balaban J connectivity index is 4.38. The quantitative estimate of drug-likeness (QED) is 0.0346. The van der Waals surface area contributed by atoms with Gasteiger partial charge < -0.3 is 14.2 Å². The van der Waals surface area contributed by atoms with E-state index in [4.69, 9.17) is 14.2 Å². The Bertz CT molecular complexity index is 1270. The normalized spacial score (nSPS) is 13.0. The molecule has 0 saturated carbocycles. The van der Waals surface area contributed by atoms with Gasteiger partial charge in [-0.1, -0.05) is 234 Å². The molecule has 0 unspecified atom stereocenters. The molecule has 0 amide bonds. The number of unbranched alkanes of at least 4 members (excludes halogenated alkanes) is 23. The molecular formula is C61H104O5. The molecule has 0 saturated heterocycles. The molecule has 1 atom stereocenters. The molecule has 0 aromatic carbocycles. The van der Waals surface area contributed by atoms with Gasteiger partial charge in [0.2, 0.25) is 0 Å². The molecule has 0 aliphatic rings. The topological polar surface area (TPSA) is 61.8 Å². The molecule has 5 heteroatoms. The van der Waals surface area contributed by atoms with Gasteiger partial charge in [-0.25, -0.2) is 0 Å². The van der Waals surface area contributed by atoms with E-state index in [1.807, 2.05) is 0 Å². The highest BCUT2D eigenvalue weighted by Crippen LogP contribution is 2.15. The van der Waals surface area contributed by atoms with Crippen LogP contribution in [0, 0.1) is 0 Å². The van der Waals surface area contributed by atoms with Crippen molar-refractivity contribution in [1.82, 2.24) is 0 Å². The highest BCUT2D eigenvalue weighted by molar-refractivity contribution is 5.69. The molecule has 0 bridgehead atoms. The van der Waals surface area contributed by atoms with Crippen molar-refractivity contribution in [3.8, 4) is 0 Å². The van der Waals surface area contributed by atoms with Crippen LogP contribution >= 0.6 is 0 Å². The highest BCUT2D eigenvalue weighted by Gasteiger charge is 2.16. The highest BCUT2D eigenvalue weighted by atomic mass is 16.6. The average molecular weight is 917 g/mol. The van der Waals surface area contributed by atoms with Gasteiger partial charge in [0.1, 0.15) is 19.3 Å². The maximum Gasteiger partial charge on any atom is 0.305 e. The molecule has 0 aliphatic carbocycles. The van der Waals surface area contributed by atoms with Gasteiger partial charge in [-0.05, 0) is 103 Å². The minimum absolute atomic E-state index is 0.122. The van der Waals surface area contributed by atoms with Crippen molar-refractivity contribution in [3.05, 3.63) is 97.2 Å². The Morgan fingerprint density at radius 3 is 1.02 bits per heavy atom. The van der Waals surface area contributed by atoms with Crippen LogP contribution in [0.15, 0.2) is 97.2 Å². The maximum absolute atomic E-state index is 12.6. The Morgan fingerprint density at radius 2 is 0.621 bits per heavy atom. The van der Waals surface area contributed by atoms with Crippen LogP contribution in [0.25, 0.3) is 0 Å². The molecule has 0 N–H and O–H groups in total. The number of esters is 2. The van der Waals surface area contributed by atoms with Crippen molar-refractivity contribution in [2.75, 3.05) is 19.8 Å². The second-order valence-corrected chi connectivity index (χ2v) is 18.1. The summed E-state index contributed by atoms with van der Waals surface area (Å²) in [4.78, 5) is 25.3. The summed E-state index contributed by atoms with van der Waals surface area (Å²) in [5, 5.41) is 0. The first kappa shape index (κ1) is 62.8. The van der Waals surface area contributed by atoms with E-state index in [-0.39, 0.29) is 25.2 Å². The third kappa shape index (κ3) is 53.4. The van der Waals surface area contributed by atoms with Crippen molar-refractivity contribution < 1.29 is 23.8 Å². The van der Waals surface area contributed by atoms with Crippen LogP contribution in [0.5, 0.6) is 0 Å². The van der Waals surface area contributed by atoms with Crippen LogP contribution in [0.2, 0.25) is 0 Å². The molecule has 0 heterocycles. The monoisotopic (exact) mass is 917 g/mol. The SMILES string of the molecule is CC/C=C\C/C=C\C/C=C\C/C=C\CCCCC(=O)OC[C@H](COC(=O)CCCCC/C=C\C/C=C\C/C=C\C/C=C\CCCCC)OCCCCCCCCCCCCCCCCCC. The lowest BCUT2D eigenvalue weighted by Gasteiger charge is -2.18. The zero-order valence-electron chi connectivity index (χ0n) is 43.4. The van der Waals surface area contributed by atoms with E-state index in [1.165, 1.54) is 116 Å². The first-order valence-electron chi connectivity index (χ1n) is 27.8. The molecule has 0 radical (unpaired) electrons. The molecule has 0 rings (SSSR count). The predicted molar refractivity (Wildman–Crippen MR) is 288 cm³/mol. The van der Waals surface area contributed by atoms with Gasteiger partial charge in [-0.2, -0.15) is 0 Å². The summed E-state index contributed by atoms with van der Waals surface area (Å²) in [6.45, 7) is 7.52. The fraction of sp³-hybridized carbons (Fsp3) is 0.705. The van der Waals surface area contributed by atoms with Crippen molar-refractivity contribution in [2.45, 2.75) is 258 Å². The number of allylic oxidation sites excluding steroid dienone is 16. The lowest BCUT2D eigenvalue weighted by molar-refractivity contribution is -0.155. The molecule has 0 fully saturated rings. The van der Waals surface area contributed by atoms with Gasteiger partial charge in [0.05, 0.1) is 0 Å². The van der Waals surface area contributed by atoms with Gasteiger partial charge in [-0.15, -0.1) is 0 Å². The smallest absolute Gasteiger partial charge is 0.305 e. The molecule has 66 heavy (non-hydrogen) atoms. The number of ether oxygens (including phenoxy) is 3. The van der Waals surface area contributed by atoms with E-state index in [0.29, 0.717) is 19.4 Å². The molecule has 0 aliphatic heterocycles. The summed E-state index contributed by atoms with van der Waals surface area (Å²) in [6.07, 6.45) is 75.9. The molecular weight excluding hydrogens is 813 g/mol. The van der Waals surface area contributed by atoms with Gasteiger partial charge in [0, 0.05) is 19.4 Å². The van der Waals surface area contributed by atoms with Crippen LogP contribution in [-0.2, 0) is 23.8 Å². The van der Waals surface area contributed by atoms with E-state index < -0.39 is 6.10 Å². The zero-order valence-corrected chi connectivity index (χ0v) is 43.4. The molecule has 0 spiro atoms. The van der Waals surface area contributed by atoms with Crippen molar-refractivity contribution in [3.63, 3.8) is 0 Å². The van der Waals surface area contributed by atoms with E-state index in [0.717, 1.165) is 103 Å². The first-order valence-corrected chi connectivity index (χ1v) is 27.8. The van der Waals surface area contributed by atoms with Crippen LogP contribution in [0.1, 0.15) is 252 Å². The average Bonchev–Trinajstić information content (AvgIpc) is 3.32. The molecule has 0 aromatic heterocycles. The van der Waals surface area contributed by atoms with E-state index >= 15 is 0 Å². The fourth-order valence-electron chi connectivity index (χ4n) is 7.46. The predicted octanol–water partition coefficient (Wildman–Crippen LogP) is 19.0.